The van der Waals surface area contributed by atoms with Crippen molar-refractivity contribution in [3.05, 3.63) is 48.0 Å². The largest absolute Gasteiger partial charge is 0.430 e. The molecule has 0 unspecified atom stereocenters. The SMILES string of the molecule is OC(c1cccc2ccccc12)(C(F)(F)F)C(F)(F)F. The summed E-state index contributed by atoms with van der Waals surface area (Å²) in [5.74, 6) is 0. The van der Waals surface area contributed by atoms with Crippen molar-refractivity contribution < 1.29 is 31.4 Å². The van der Waals surface area contributed by atoms with Crippen molar-refractivity contribution in [2.75, 3.05) is 0 Å². The second-order valence-electron chi connectivity index (χ2n) is 4.23. The van der Waals surface area contributed by atoms with Gasteiger partial charge in [0.25, 0.3) is 5.60 Å². The van der Waals surface area contributed by atoms with Gasteiger partial charge in [0.15, 0.2) is 0 Å². The lowest BCUT2D eigenvalue weighted by molar-refractivity contribution is -0.375. The highest BCUT2D eigenvalue weighted by Gasteiger charge is 2.71. The molecule has 0 aliphatic rings. The van der Waals surface area contributed by atoms with Gasteiger partial charge >= 0.3 is 12.4 Å². The van der Waals surface area contributed by atoms with Crippen LogP contribution in [0.25, 0.3) is 10.8 Å². The van der Waals surface area contributed by atoms with E-state index in [1.807, 2.05) is 0 Å². The van der Waals surface area contributed by atoms with E-state index in [4.69, 9.17) is 0 Å². The summed E-state index contributed by atoms with van der Waals surface area (Å²) in [7, 11) is 0. The van der Waals surface area contributed by atoms with Crippen LogP contribution in [0, 0.1) is 0 Å². The summed E-state index contributed by atoms with van der Waals surface area (Å²) in [6, 6.07) is 8.29. The summed E-state index contributed by atoms with van der Waals surface area (Å²) in [4.78, 5) is 0. The van der Waals surface area contributed by atoms with E-state index in [1.165, 1.54) is 24.3 Å². The fourth-order valence-electron chi connectivity index (χ4n) is 2.01. The number of hydrogen-bond donors (Lipinski definition) is 1. The van der Waals surface area contributed by atoms with Crippen molar-refractivity contribution in [1.29, 1.82) is 0 Å². The summed E-state index contributed by atoms with van der Waals surface area (Å²) in [5, 5.41) is 9.28. The lowest BCUT2D eigenvalue weighted by atomic mass is 9.88. The molecule has 1 nitrogen and oxygen atoms in total. The number of hydrogen-bond acceptors (Lipinski definition) is 1. The van der Waals surface area contributed by atoms with Crippen LogP contribution in [-0.4, -0.2) is 17.5 Å². The van der Waals surface area contributed by atoms with Gasteiger partial charge in [0.2, 0.25) is 0 Å². The first-order chi connectivity index (χ1) is 9.09. The van der Waals surface area contributed by atoms with E-state index in [0.717, 1.165) is 12.1 Å². The Morgan fingerprint density at radius 1 is 0.700 bits per heavy atom. The molecule has 0 fully saturated rings. The zero-order chi connectivity index (χ0) is 15.2. The molecule has 0 bridgehead atoms. The molecule has 0 amide bonds. The molecule has 2 aromatic carbocycles. The monoisotopic (exact) mass is 294 g/mol. The molecule has 0 atom stereocenters. The maximum atomic E-state index is 12.8. The zero-order valence-electron chi connectivity index (χ0n) is 9.76. The van der Waals surface area contributed by atoms with Crippen molar-refractivity contribution >= 4 is 10.8 Å². The average Bonchev–Trinajstić information content (AvgIpc) is 2.34. The van der Waals surface area contributed by atoms with Gasteiger partial charge in [-0.1, -0.05) is 42.5 Å². The highest BCUT2D eigenvalue weighted by molar-refractivity contribution is 5.86. The molecule has 2 rings (SSSR count). The molecule has 108 valence electrons. The van der Waals surface area contributed by atoms with E-state index in [9.17, 15) is 31.4 Å². The third kappa shape index (κ3) is 2.02. The Bertz CT molecular complexity index is 609. The highest BCUT2D eigenvalue weighted by atomic mass is 19.4. The van der Waals surface area contributed by atoms with Gasteiger partial charge in [-0.2, -0.15) is 26.3 Å². The molecule has 0 radical (unpaired) electrons. The smallest absolute Gasteiger partial charge is 0.369 e. The van der Waals surface area contributed by atoms with E-state index in [1.54, 1.807) is 0 Å². The zero-order valence-corrected chi connectivity index (χ0v) is 9.76. The topological polar surface area (TPSA) is 20.2 Å². The number of halogens is 6. The number of benzene rings is 2. The Labute approximate surface area is 109 Å². The van der Waals surface area contributed by atoms with Crippen molar-refractivity contribution in [3.63, 3.8) is 0 Å². The molecule has 0 spiro atoms. The van der Waals surface area contributed by atoms with Crippen LogP contribution in [0.3, 0.4) is 0 Å². The maximum absolute atomic E-state index is 12.8. The quantitative estimate of drug-likeness (QED) is 0.783. The van der Waals surface area contributed by atoms with Gasteiger partial charge in [0.1, 0.15) is 0 Å². The first-order valence-electron chi connectivity index (χ1n) is 5.43. The first kappa shape index (κ1) is 14.6. The van der Waals surface area contributed by atoms with Crippen molar-refractivity contribution in [3.8, 4) is 0 Å². The van der Waals surface area contributed by atoms with Crippen LogP contribution in [-0.2, 0) is 5.60 Å². The van der Waals surface area contributed by atoms with Gasteiger partial charge in [-0.15, -0.1) is 0 Å². The van der Waals surface area contributed by atoms with Crippen LogP contribution >= 0.6 is 0 Å². The summed E-state index contributed by atoms with van der Waals surface area (Å²) < 4.78 is 77.1. The van der Waals surface area contributed by atoms with Gasteiger partial charge in [-0.25, -0.2) is 0 Å². The molecule has 1 N–H and O–H groups in total. The number of aliphatic hydroxyl groups is 1. The van der Waals surface area contributed by atoms with E-state index in [-0.39, 0.29) is 10.8 Å². The minimum atomic E-state index is -5.88. The standard InChI is InChI=1S/C13H8F6O/c14-12(15,16)11(20,13(17,18)19)10-7-3-5-8-4-1-2-6-9(8)10/h1-7,20H. The summed E-state index contributed by atoms with van der Waals surface area (Å²) >= 11 is 0. The number of rotatable bonds is 1. The normalized spacial score (nSPS) is 13.8. The second-order valence-corrected chi connectivity index (χ2v) is 4.23. The van der Waals surface area contributed by atoms with Crippen molar-refractivity contribution in [2.24, 2.45) is 0 Å². The van der Waals surface area contributed by atoms with Gasteiger partial charge < -0.3 is 5.11 Å². The van der Waals surface area contributed by atoms with E-state index in [0.29, 0.717) is 6.07 Å². The second kappa shape index (κ2) is 4.37. The van der Waals surface area contributed by atoms with Gasteiger partial charge in [-0.3, -0.25) is 0 Å². The third-order valence-corrected chi connectivity index (χ3v) is 3.00. The Morgan fingerprint density at radius 2 is 1.20 bits per heavy atom. The first-order valence-corrected chi connectivity index (χ1v) is 5.43. The van der Waals surface area contributed by atoms with E-state index >= 15 is 0 Å². The number of alkyl halides is 6. The Kier molecular flexibility index (Phi) is 3.20. The van der Waals surface area contributed by atoms with Gasteiger partial charge in [0, 0.05) is 5.56 Å². The van der Waals surface area contributed by atoms with Crippen LogP contribution < -0.4 is 0 Å². The molecule has 20 heavy (non-hydrogen) atoms. The highest BCUT2D eigenvalue weighted by Crippen LogP contribution is 2.51. The lowest BCUT2D eigenvalue weighted by Crippen LogP contribution is -2.54. The van der Waals surface area contributed by atoms with E-state index < -0.39 is 23.5 Å². The molecular weight excluding hydrogens is 286 g/mol. The predicted molar refractivity (Wildman–Crippen MR) is 60.0 cm³/mol. The fraction of sp³-hybridized carbons (Fsp3) is 0.231. The third-order valence-electron chi connectivity index (χ3n) is 3.00. The molecule has 0 saturated heterocycles. The Hall–Kier alpha value is -1.76. The van der Waals surface area contributed by atoms with Crippen LogP contribution in [0.2, 0.25) is 0 Å². The molecule has 0 saturated carbocycles. The lowest BCUT2D eigenvalue weighted by Gasteiger charge is -2.33. The molecule has 0 aromatic heterocycles. The Morgan fingerprint density at radius 3 is 1.75 bits per heavy atom. The molecule has 0 aliphatic heterocycles. The van der Waals surface area contributed by atoms with Crippen LogP contribution in [0.4, 0.5) is 26.3 Å². The summed E-state index contributed by atoms with van der Waals surface area (Å²) in [6.07, 6.45) is -11.8. The van der Waals surface area contributed by atoms with Crippen LogP contribution in [0.15, 0.2) is 42.5 Å². The average molecular weight is 294 g/mol. The molecule has 0 aliphatic carbocycles. The summed E-state index contributed by atoms with van der Waals surface area (Å²) in [6.45, 7) is 0. The minimum Gasteiger partial charge on any atom is -0.369 e. The Balaban J connectivity index is 2.84. The van der Waals surface area contributed by atoms with Crippen LogP contribution in [0.5, 0.6) is 0 Å². The van der Waals surface area contributed by atoms with Crippen LogP contribution in [0.1, 0.15) is 5.56 Å². The molecule has 7 heteroatoms. The maximum Gasteiger partial charge on any atom is 0.430 e. The van der Waals surface area contributed by atoms with Gasteiger partial charge in [-0.05, 0) is 10.8 Å². The molecular formula is C13H8F6O. The fourth-order valence-corrected chi connectivity index (χ4v) is 2.01. The molecule has 0 heterocycles. The minimum absolute atomic E-state index is 0.178. The number of fused-ring (bicyclic) bond motifs is 1. The summed E-state index contributed by atoms with van der Waals surface area (Å²) in [5.41, 5.74) is -6.13. The van der Waals surface area contributed by atoms with Crippen molar-refractivity contribution in [2.45, 2.75) is 18.0 Å². The molecule has 2 aromatic rings. The predicted octanol–water partition coefficient (Wildman–Crippen LogP) is 4.15. The van der Waals surface area contributed by atoms with Gasteiger partial charge in [0.05, 0.1) is 0 Å². The van der Waals surface area contributed by atoms with E-state index in [2.05, 4.69) is 0 Å². The van der Waals surface area contributed by atoms with Crippen molar-refractivity contribution in [1.82, 2.24) is 0 Å².